The molecule has 5 heteroatoms. The molecule has 0 aliphatic carbocycles. The lowest BCUT2D eigenvalue weighted by Gasteiger charge is -2.02. The summed E-state index contributed by atoms with van der Waals surface area (Å²) in [5.41, 5.74) is 9.44. The maximum Gasteiger partial charge on any atom is 0.203 e. The fourth-order valence-corrected chi connectivity index (χ4v) is 3.14. The molecule has 0 radical (unpaired) electrons. The molecule has 0 saturated heterocycles. The second-order valence-electron chi connectivity index (χ2n) is 3.69. The van der Waals surface area contributed by atoms with E-state index in [9.17, 15) is 0 Å². The second-order valence-corrected chi connectivity index (χ2v) is 5.92. The summed E-state index contributed by atoms with van der Waals surface area (Å²) >= 11 is 3.11. The summed E-state index contributed by atoms with van der Waals surface area (Å²) < 4.78 is 0.927. The summed E-state index contributed by atoms with van der Waals surface area (Å²) in [5.74, 6) is 0.914. The van der Waals surface area contributed by atoms with Gasteiger partial charge in [0.1, 0.15) is 0 Å². The minimum absolute atomic E-state index is 0.530. The average molecular weight is 251 g/mol. The molecule has 0 fully saturated rings. The third-order valence-corrected chi connectivity index (χ3v) is 4.02. The van der Waals surface area contributed by atoms with Crippen molar-refractivity contribution in [3.8, 4) is 0 Å². The van der Waals surface area contributed by atoms with Crippen molar-refractivity contribution in [1.29, 1.82) is 0 Å². The highest BCUT2D eigenvalue weighted by Crippen LogP contribution is 2.27. The molecule has 84 valence electrons. The highest BCUT2D eigenvalue weighted by atomic mass is 32.2. The van der Waals surface area contributed by atoms with Crippen molar-refractivity contribution >= 4 is 28.2 Å². The van der Waals surface area contributed by atoms with E-state index in [1.54, 1.807) is 11.8 Å². The highest BCUT2D eigenvalue weighted by molar-refractivity contribution is 8.00. The Hall–Kier alpha value is -1.07. The molecule has 0 aliphatic rings. The van der Waals surface area contributed by atoms with Gasteiger partial charge in [0.2, 0.25) is 5.13 Å². The van der Waals surface area contributed by atoms with Gasteiger partial charge in [-0.05, 0) is 19.4 Å². The molecule has 2 N–H and O–H groups in total. The number of thioether (sulfide) groups is 1. The first-order chi connectivity index (χ1) is 7.63. The van der Waals surface area contributed by atoms with E-state index in [2.05, 4.69) is 42.2 Å². The number of benzene rings is 1. The van der Waals surface area contributed by atoms with Crippen LogP contribution in [0, 0.1) is 13.8 Å². The van der Waals surface area contributed by atoms with Gasteiger partial charge in [0.15, 0.2) is 4.34 Å². The Labute approximate surface area is 103 Å². The molecule has 0 spiro atoms. The van der Waals surface area contributed by atoms with E-state index in [1.807, 2.05) is 0 Å². The standard InChI is InChI=1S/C11H13N3S2/c1-7-3-8(2)5-9(4-7)6-15-11-14-13-10(12)16-11/h3-5H,6H2,1-2H3,(H2,12,13). The molecule has 0 atom stereocenters. The zero-order valence-electron chi connectivity index (χ0n) is 9.23. The van der Waals surface area contributed by atoms with Crippen LogP contribution in [0.25, 0.3) is 0 Å². The van der Waals surface area contributed by atoms with Crippen molar-refractivity contribution in [2.24, 2.45) is 0 Å². The molecular weight excluding hydrogens is 238 g/mol. The predicted octanol–water partition coefficient (Wildman–Crippen LogP) is 3.03. The van der Waals surface area contributed by atoms with E-state index in [1.165, 1.54) is 28.0 Å². The van der Waals surface area contributed by atoms with Crippen LogP contribution in [0.1, 0.15) is 16.7 Å². The van der Waals surface area contributed by atoms with E-state index >= 15 is 0 Å². The van der Waals surface area contributed by atoms with Gasteiger partial charge in [0, 0.05) is 5.75 Å². The van der Waals surface area contributed by atoms with Crippen LogP contribution < -0.4 is 5.73 Å². The van der Waals surface area contributed by atoms with Gasteiger partial charge in [-0.1, -0.05) is 52.4 Å². The van der Waals surface area contributed by atoms with Crippen LogP contribution in [0.2, 0.25) is 0 Å². The third-order valence-electron chi connectivity index (χ3n) is 2.07. The number of aromatic nitrogens is 2. The Morgan fingerprint density at radius 2 is 1.88 bits per heavy atom. The monoisotopic (exact) mass is 251 g/mol. The Bertz CT molecular complexity index is 473. The van der Waals surface area contributed by atoms with Crippen LogP contribution in [0.4, 0.5) is 5.13 Å². The predicted molar refractivity (Wildman–Crippen MR) is 69.8 cm³/mol. The Balaban J connectivity index is 2.04. The van der Waals surface area contributed by atoms with E-state index in [-0.39, 0.29) is 0 Å². The van der Waals surface area contributed by atoms with Crippen molar-refractivity contribution in [1.82, 2.24) is 10.2 Å². The van der Waals surface area contributed by atoms with Crippen LogP contribution in [0.15, 0.2) is 22.5 Å². The molecule has 16 heavy (non-hydrogen) atoms. The summed E-state index contributed by atoms with van der Waals surface area (Å²) in [6.45, 7) is 4.23. The Morgan fingerprint density at radius 3 is 2.44 bits per heavy atom. The van der Waals surface area contributed by atoms with E-state index < -0.39 is 0 Å². The molecule has 0 bridgehead atoms. The van der Waals surface area contributed by atoms with Crippen molar-refractivity contribution in [2.45, 2.75) is 23.9 Å². The number of nitrogens with two attached hydrogens (primary N) is 1. The highest BCUT2D eigenvalue weighted by Gasteiger charge is 2.03. The van der Waals surface area contributed by atoms with Crippen LogP contribution in [0.5, 0.6) is 0 Å². The summed E-state index contributed by atoms with van der Waals surface area (Å²) in [5, 5.41) is 8.30. The molecular formula is C11H13N3S2. The molecule has 0 saturated carbocycles. The van der Waals surface area contributed by atoms with Crippen molar-refractivity contribution in [3.63, 3.8) is 0 Å². The molecule has 0 amide bonds. The normalized spacial score (nSPS) is 10.6. The fourth-order valence-electron chi connectivity index (χ4n) is 1.58. The first kappa shape index (κ1) is 11.4. The number of nitrogen functional groups attached to an aromatic ring is 1. The van der Waals surface area contributed by atoms with Crippen molar-refractivity contribution < 1.29 is 0 Å². The third kappa shape index (κ3) is 2.96. The SMILES string of the molecule is Cc1cc(C)cc(CSc2nnc(N)s2)c1. The number of rotatable bonds is 3. The Kier molecular flexibility index (Phi) is 3.46. The lowest BCUT2D eigenvalue weighted by Crippen LogP contribution is -1.85. The van der Waals surface area contributed by atoms with Gasteiger partial charge >= 0.3 is 0 Å². The lowest BCUT2D eigenvalue weighted by molar-refractivity contribution is 1.02. The zero-order valence-corrected chi connectivity index (χ0v) is 10.9. The van der Waals surface area contributed by atoms with Gasteiger partial charge in [-0.25, -0.2) is 0 Å². The summed E-state index contributed by atoms with van der Waals surface area (Å²) in [6.07, 6.45) is 0. The number of hydrogen-bond donors (Lipinski definition) is 1. The molecule has 1 aromatic carbocycles. The maximum atomic E-state index is 5.53. The number of nitrogens with zero attached hydrogens (tertiary/aromatic N) is 2. The number of anilines is 1. The maximum absolute atomic E-state index is 5.53. The van der Waals surface area contributed by atoms with Gasteiger partial charge in [0.25, 0.3) is 0 Å². The summed E-state index contributed by atoms with van der Waals surface area (Å²) in [4.78, 5) is 0. The number of aryl methyl sites for hydroxylation is 2. The van der Waals surface area contributed by atoms with Gasteiger partial charge in [-0.3, -0.25) is 0 Å². The van der Waals surface area contributed by atoms with Gasteiger partial charge in [-0.2, -0.15) is 0 Å². The molecule has 1 aromatic heterocycles. The topological polar surface area (TPSA) is 51.8 Å². The van der Waals surface area contributed by atoms with Gasteiger partial charge in [0.05, 0.1) is 0 Å². The quantitative estimate of drug-likeness (QED) is 0.852. The molecule has 2 rings (SSSR count). The molecule has 1 heterocycles. The first-order valence-electron chi connectivity index (χ1n) is 4.92. The van der Waals surface area contributed by atoms with Crippen LogP contribution in [-0.4, -0.2) is 10.2 Å². The van der Waals surface area contributed by atoms with E-state index in [0.29, 0.717) is 5.13 Å². The summed E-state index contributed by atoms with van der Waals surface area (Å²) in [7, 11) is 0. The zero-order chi connectivity index (χ0) is 11.5. The minimum atomic E-state index is 0.530. The van der Waals surface area contributed by atoms with Gasteiger partial charge < -0.3 is 5.73 Å². The molecule has 3 nitrogen and oxygen atoms in total. The van der Waals surface area contributed by atoms with Crippen molar-refractivity contribution in [3.05, 3.63) is 34.9 Å². The Morgan fingerprint density at radius 1 is 1.19 bits per heavy atom. The van der Waals surface area contributed by atoms with E-state index in [4.69, 9.17) is 5.73 Å². The molecule has 0 unspecified atom stereocenters. The van der Waals surface area contributed by atoms with Crippen LogP contribution >= 0.6 is 23.1 Å². The first-order valence-corrected chi connectivity index (χ1v) is 6.72. The number of hydrogen-bond acceptors (Lipinski definition) is 5. The van der Waals surface area contributed by atoms with Crippen LogP contribution in [0.3, 0.4) is 0 Å². The molecule has 0 aliphatic heterocycles. The smallest absolute Gasteiger partial charge is 0.203 e. The summed E-state index contributed by atoms with van der Waals surface area (Å²) in [6, 6.07) is 6.58. The average Bonchev–Trinajstić information content (AvgIpc) is 2.60. The second kappa shape index (κ2) is 4.84. The lowest BCUT2D eigenvalue weighted by atomic mass is 10.1. The van der Waals surface area contributed by atoms with Crippen LogP contribution in [-0.2, 0) is 5.75 Å². The molecule has 2 aromatic rings. The fraction of sp³-hybridized carbons (Fsp3) is 0.273. The minimum Gasteiger partial charge on any atom is -0.374 e. The van der Waals surface area contributed by atoms with Crippen molar-refractivity contribution in [2.75, 3.05) is 5.73 Å². The van der Waals surface area contributed by atoms with Gasteiger partial charge in [-0.15, -0.1) is 10.2 Å². The van der Waals surface area contributed by atoms with E-state index in [0.717, 1.165) is 10.1 Å². The largest absolute Gasteiger partial charge is 0.374 e.